The summed E-state index contributed by atoms with van der Waals surface area (Å²) in [6.07, 6.45) is 18.2. The van der Waals surface area contributed by atoms with E-state index in [1.54, 1.807) is 7.05 Å². The van der Waals surface area contributed by atoms with Gasteiger partial charge in [-0.25, -0.2) is 9.59 Å². The molecule has 1 aromatic heterocycles. The third-order valence-electron chi connectivity index (χ3n) is 19.1. The highest BCUT2D eigenvalue weighted by atomic mass is 16.5. The molecular weight excluding hydrogens is 1220 g/mol. The smallest absolute Gasteiger partial charge is 0.379 e. The first-order valence-corrected chi connectivity index (χ1v) is 35.0. The minimum Gasteiger partial charge on any atom is -0.379 e. The van der Waals surface area contributed by atoms with Crippen molar-refractivity contribution in [2.24, 2.45) is 29.4 Å². The standard InChI is InChI=1S/C74H100N10O12/c1-82(71(90)67-49-55(80-81-78)50-84(67)70(89)53-25-29-62-66(47-53)83(2)73(92)96-72(62)91)36-38-94-40-42-95-41-39-93-37-18-21-56(85)31-32-74-63-45-51(43-57(86)19-12-6-3-9-15-33-75)23-27-59(63)69(60-28-24-52(46-64(60)74)44-58(87)20-13-7-4-10-16-34-76)61-30-26-54(48-65(61)74)79-68(88)22-14-8-5-11-17-35-77/h23-30,45-48,55,67,69H,3-22,31-44,49-50,75-77H2,1-2H3,(H,79,88)/t55-,67-,69?,74?/m0/s1. The van der Waals surface area contributed by atoms with Crippen LogP contribution in [0.5, 0.6) is 0 Å². The molecule has 22 heteroatoms. The van der Waals surface area contributed by atoms with Crippen molar-refractivity contribution in [3.05, 3.63) is 154 Å². The molecule has 0 spiro atoms. The molecule has 2 bridgehead atoms. The zero-order valence-corrected chi connectivity index (χ0v) is 56.4. The number of carbonyl (C=O) groups is 6. The molecule has 4 aliphatic rings. The van der Waals surface area contributed by atoms with E-state index in [1.165, 1.54) is 35.0 Å². The van der Waals surface area contributed by atoms with E-state index in [9.17, 15) is 43.9 Å². The molecule has 96 heavy (non-hydrogen) atoms. The fourth-order valence-electron chi connectivity index (χ4n) is 14.0. The summed E-state index contributed by atoms with van der Waals surface area (Å²) in [5.41, 5.74) is 34.1. The minimum absolute atomic E-state index is 0.00288. The van der Waals surface area contributed by atoms with Gasteiger partial charge in [0, 0.05) is 106 Å². The van der Waals surface area contributed by atoms with Crippen molar-refractivity contribution in [2.45, 2.75) is 184 Å². The number of aromatic nitrogens is 1. The van der Waals surface area contributed by atoms with Crippen LogP contribution in [0.3, 0.4) is 0 Å². The number of ketones is 3. The average Bonchev–Trinajstić information content (AvgIpc) is 0.708. The van der Waals surface area contributed by atoms with Crippen molar-refractivity contribution < 1.29 is 47.4 Å². The summed E-state index contributed by atoms with van der Waals surface area (Å²) in [6, 6.07) is 21.8. The highest BCUT2D eigenvalue weighted by molar-refractivity contribution is 6.00. The highest BCUT2D eigenvalue weighted by Gasteiger charge is 2.52. The Balaban J connectivity index is 0.874. The zero-order chi connectivity index (χ0) is 68.4. The molecule has 4 aromatic carbocycles. The molecule has 0 unspecified atom stereocenters. The molecular formula is C74H100N10O12. The Morgan fingerprint density at radius 1 is 0.625 bits per heavy atom. The van der Waals surface area contributed by atoms with Gasteiger partial charge in [0.15, 0.2) is 0 Å². The SMILES string of the molecule is CN(CCOCCOCCOCCCC(=O)CCC12c3cc(CC(=O)CCCCCCCN)ccc3C(c3ccc(CC(=O)CCCCCCCN)cc31)c1ccc(NC(=O)CCCCCCCN)cc12)C(=O)[C@@H]1C[C@H](N=[N+]=[N-])CN1C(=O)c1ccc2c(=O)oc(=O)n(C)c2c1. The molecule has 7 N–H and O–H groups in total. The summed E-state index contributed by atoms with van der Waals surface area (Å²) in [7, 11) is 3.01. The van der Waals surface area contributed by atoms with E-state index in [1.807, 2.05) is 6.07 Å². The number of ether oxygens (including phenoxy) is 3. The van der Waals surface area contributed by atoms with Gasteiger partial charge in [-0.05, 0) is 158 Å². The number of Topliss-reactive ketones (excluding diaryl/α,β-unsaturated/α-hetero) is 3. The normalized spacial score (nSPS) is 16.6. The Labute approximate surface area is 563 Å². The quantitative estimate of drug-likeness (QED) is 0.0122. The van der Waals surface area contributed by atoms with Crippen LogP contribution < -0.4 is 33.9 Å². The van der Waals surface area contributed by atoms with Crippen molar-refractivity contribution in [1.29, 1.82) is 0 Å². The van der Waals surface area contributed by atoms with Crippen molar-refractivity contribution >= 4 is 51.7 Å². The van der Waals surface area contributed by atoms with E-state index in [-0.39, 0.29) is 97.3 Å². The molecule has 3 aliphatic carbocycles. The van der Waals surface area contributed by atoms with E-state index in [4.69, 9.17) is 35.8 Å². The molecule has 0 radical (unpaired) electrons. The number of azide groups is 1. The van der Waals surface area contributed by atoms with Crippen LogP contribution in [0.15, 0.2) is 91.9 Å². The van der Waals surface area contributed by atoms with E-state index in [0.29, 0.717) is 96.5 Å². The lowest BCUT2D eigenvalue weighted by molar-refractivity contribution is -0.134. The number of hydrogen-bond acceptors (Lipinski definition) is 16. The third kappa shape index (κ3) is 19.8. The maximum absolute atomic E-state index is 14.4. The maximum Gasteiger partial charge on any atom is 0.422 e. The largest absolute Gasteiger partial charge is 0.422 e. The number of hydrogen-bond donors (Lipinski definition) is 4. The first-order valence-electron chi connectivity index (χ1n) is 35.0. The number of rotatable bonds is 45. The lowest BCUT2D eigenvalue weighted by Crippen LogP contribution is -2.47. The van der Waals surface area contributed by atoms with E-state index < -0.39 is 34.8 Å². The number of aryl methyl sites for hydroxylation is 1. The van der Waals surface area contributed by atoms with Gasteiger partial charge in [0.1, 0.15) is 23.4 Å². The number of anilines is 1. The van der Waals surface area contributed by atoms with Crippen molar-refractivity contribution in [3.8, 4) is 0 Å². The number of nitrogens with zero attached hydrogens (tertiary/aromatic N) is 6. The van der Waals surface area contributed by atoms with Crippen LogP contribution in [0.1, 0.15) is 208 Å². The third-order valence-corrected chi connectivity index (χ3v) is 19.1. The van der Waals surface area contributed by atoms with Crippen LogP contribution in [0, 0.1) is 0 Å². The number of amides is 3. The van der Waals surface area contributed by atoms with Crippen LogP contribution in [-0.4, -0.2) is 141 Å². The molecule has 1 fully saturated rings. The summed E-state index contributed by atoms with van der Waals surface area (Å²) >= 11 is 0. The molecule has 9 rings (SSSR count). The van der Waals surface area contributed by atoms with Gasteiger partial charge >= 0.3 is 11.4 Å². The monoisotopic (exact) mass is 1320 g/mol. The van der Waals surface area contributed by atoms with Gasteiger partial charge in [-0.1, -0.05) is 105 Å². The summed E-state index contributed by atoms with van der Waals surface area (Å²) < 4.78 is 23.3. The lowest BCUT2D eigenvalue weighted by Gasteiger charge is -2.51. The molecule has 518 valence electrons. The fraction of sp³-hybridized carbons (Fsp3) is 0.568. The molecule has 3 amide bonds. The van der Waals surface area contributed by atoms with Crippen LogP contribution in [-0.2, 0) is 63.5 Å². The summed E-state index contributed by atoms with van der Waals surface area (Å²) in [5.74, 6) is -1.53. The van der Waals surface area contributed by atoms with Crippen LogP contribution in [0.2, 0.25) is 0 Å². The second-order valence-electron chi connectivity index (χ2n) is 26.1. The lowest BCUT2D eigenvalue weighted by atomic mass is 9.51. The predicted octanol–water partition coefficient (Wildman–Crippen LogP) is 9.92. The molecule has 2 atom stereocenters. The van der Waals surface area contributed by atoms with Gasteiger partial charge in [-0.15, -0.1) is 0 Å². The Morgan fingerprint density at radius 2 is 1.15 bits per heavy atom. The number of fused-ring (bicyclic) bond motifs is 1. The number of likely N-dealkylation sites (N-methyl/N-ethyl adjacent to an activating group) is 1. The van der Waals surface area contributed by atoms with Gasteiger partial charge in [-0.3, -0.25) is 33.3 Å². The van der Waals surface area contributed by atoms with E-state index >= 15 is 0 Å². The molecule has 22 nitrogen and oxygen atoms in total. The van der Waals surface area contributed by atoms with Crippen LogP contribution in [0.25, 0.3) is 21.3 Å². The summed E-state index contributed by atoms with van der Waals surface area (Å²) in [6.45, 7) is 3.82. The second-order valence-corrected chi connectivity index (χ2v) is 26.1. The Morgan fingerprint density at radius 3 is 1.73 bits per heavy atom. The fourth-order valence-corrected chi connectivity index (χ4v) is 14.0. The molecule has 0 saturated carbocycles. The van der Waals surface area contributed by atoms with Crippen molar-refractivity contribution in [2.75, 3.05) is 84.7 Å². The van der Waals surface area contributed by atoms with Gasteiger partial charge in [0.2, 0.25) is 11.8 Å². The van der Waals surface area contributed by atoms with Gasteiger partial charge in [0.05, 0.1) is 50.0 Å². The van der Waals surface area contributed by atoms with E-state index in [2.05, 4.69) is 63.9 Å². The van der Waals surface area contributed by atoms with Crippen LogP contribution >= 0.6 is 0 Å². The Kier molecular flexibility index (Phi) is 29.1. The molecule has 1 saturated heterocycles. The summed E-state index contributed by atoms with van der Waals surface area (Å²) in [4.78, 5) is 113. The van der Waals surface area contributed by atoms with Gasteiger partial charge in [-0.2, -0.15) is 0 Å². The minimum atomic E-state index is -0.940. The molecule has 2 heterocycles. The number of unbranched alkanes of at least 4 members (excludes halogenated alkanes) is 12. The molecule has 1 aliphatic heterocycles. The molecule has 5 aromatic rings. The van der Waals surface area contributed by atoms with Gasteiger partial charge in [0.25, 0.3) is 5.91 Å². The number of nitrogens with one attached hydrogen (secondary N) is 1. The second kappa shape index (κ2) is 37.7. The predicted molar refractivity (Wildman–Crippen MR) is 370 cm³/mol. The highest BCUT2D eigenvalue weighted by Crippen LogP contribution is 2.61. The zero-order valence-electron chi connectivity index (χ0n) is 56.4. The van der Waals surface area contributed by atoms with Gasteiger partial charge < -0.3 is 50.9 Å². The van der Waals surface area contributed by atoms with Crippen molar-refractivity contribution in [3.63, 3.8) is 0 Å². The van der Waals surface area contributed by atoms with Crippen molar-refractivity contribution in [1.82, 2.24) is 14.4 Å². The number of benzene rings is 4. The Hall–Kier alpha value is -7.69. The number of carbonyl (C=O) groups excluding carboxylic acids is 6. The first kappa shape index (κ1) is 74.1. The van der Waals surface area contributed by atoms with Crippen LogP contribution in [0.4, 0.5) is 5.69 Å². The van der Waals surface area contributed by atoms with E-state index in [0.717, 1.165) is 145 Å². The maximum atomic E-state index is 14.4. The number of likely N-dealkylation sites (tertiary alicyclic amines) is 1. The first-order chi connectivity index (χ1) is 46.6. The Bertz CT molecular complexity index is 3460. The summed E-state index contributed by atoms with van der Waals surface area (Å²) in [5, 5.41) is 7.13. The average molecular weight is 1320 g/mol. The number of nitrogens with two attached hydrogens (primary N) is 3. The topological polar surface area (TPSA) is 328 Å².